The minimum Gasteiger partial charge on any atom is -0.269 e. The molecule has 0 N–H and O–H groups in total. The van der Waals surface area contributed by atoms with Crippen LogP contribution in [0.2, 0.25) is 0 Å². The fraction of sp³-hybridized carbons (Fsp3) is 0. The van der Waals surface area contributed by atoms with Crippen molar-refractivity contribution in [3.8, 4) is 0 Å². The van der Waals surface area contributed by atoms with E-state index in [0.29, 0.717) is 0 Å². The first-order valence-corrected chi connectivity index (χ1v) is 0. The summed E-state index contributed by atoms with van der Waals surface area (Å²) >= 11 is 0. The van der Waals surface area contributed by atoms with Crippen molar-refractivity contribution in [1.82, 2.24) is 0 Å². The molecule has 0 aromatic rings. The van der Waals surface area contributed by atoms with Crippen molar-refractivity contribution in [2.24, 2.45) is 0 Å². The zero-order valence-electron chi connectivity index (χ0n) is 1.93. The molecule has 0 saturated heterocycles. The molecule has 0 bridgehead atoms. The van der Waals surface area contributed by atoms with Gasteiger partial charge in [-0.25, -0.2) is 0 Å². The van der Waals surface area contributed by atoms with Crippen LogP contribution in [0.5, 0.6) is 0 Å². The SMILES string of the molecule is F.F.F.F.[Ag]. The van der Waals surface area contributed by atoms with Gasteiger partial charge < -0.3 is 0 Å². The van der Waals surface area contributed by atoms with Crippen LogP contribution in [0.3, 0.4) is 0 Å². The molecule has 0 nitrogen and oxygen atoms in total. The number of hydrogen-bond acceptors (Lipinski definition) is 0. The van der Waals surface area contributed by atoms with E-state index in [-0.39, 0.29) is 41.2 Å². The molecular weight excluding hydrogens is 184 g/mol. The van der Waals surface area contributed by atoms with Gasteiger partial charge >= 0.3 is 0 Å². The first kappa shape index (κ1) is 513. The summed E-state index contributed by atoms with van der Waals surface area (Å²) in [4.78, 5) is 0. The van der Waals surface area contributed by atoms with Crippen molar-refractivity contribution in [3.63, 3.8) is 0 Å². The Morgan fingerprint density at radius 2 is 0.400 bits per heavy atom. The molecule has 1 radical (unpaired) electrons. The maximum absolute atomic E-state index is 0. The van der Waals surface area contributed by atoms with Crippen LogP contribution >= 0.6 is 0 Å². The van der Waals surface area contributed by atoms with Crippen molar-refractivity contribution < 1.29 is 41.2 Å². The molecule has 5 heavy (non-hydrogen) atoms. The third-order valence-electron chi connectivity index (χ3n) is 0. The second kappa shape index (κ2) is 252. The van der Waals surface area contributed by atoms with E-state index in [1.807, 2.05) is 0 Å². The summed E-state index contributed by atoms with van der Waals surface area (Å²) in [6, 6.07) is 0. The normalized spacial score (nSPS) is 0. The van der Waals surface area contributed by atoms with Gasteiger partial charge in [0, 0.05) is 22.4 Å². The van der Waals surface area contributed by atoms with Crippen molar-refractivity contribution >= 4 is 0 Å². The Bertz CT molecular complexity index is 3.61. The maximum atomic E-state index is 0. The van der Waals surface area contributed by atoms with Crippen molar-refractivity contribution in [1.29, 1.82) is 0 Å². The number of rotatable bonds is 0. The van der Waals surface area contributed by atoms with Crippen LogP contribution in [0.15, 0.2) is 0 Å². The molecule has 0 heterocycles. The average molecular weight is 188 g/mol. The standard InChI is InChI=1S/Ag.4FH/h;4*1H. The van der Waals surface area contributed by atoms with Gasteiger partial charge in [-0.1, -0.05) is 0 Å². The second-order valence-electron chi connectivity index (χ2n) is 0. The first-order valence-electron chi connectivity index (χ1n) is 0. The van der Waals surface area contributed by atoms with E-state index in [2.05, 4.69) is 0 Å². The van der Waals surface area contributed by atoms with E-state index < -0.39 is 0 Å². The van der Waals surface area contributed by atoms with E-state index in [9.17, 15) is 0 Å². The maximum Gasteiger partial charge on any atom is 0 e. The van der Waals surface area contributed by atoms with Crippen LogP contribution < -0.4 is 0 Å². The number of halogens is 4. The van der Waals surface area contributed by atoms with Crippen molar-refractivity contribution in [2.45, 2.75) is 0 Å². The Morgan fingerprint density at radius 3 is 0.400 bits per heavy atom. The van der Waals surface area contributed by atoms with Crippen LogP contribution in [0.1, 0.15) is 0 Å². The molecule has 0 fully saturated rings. The Labute approximate surface area is 41.9 Å². The van der Waals surface area contributed by atoms with E-state index >= 15 is 0 Å². The van der Waals surface area contributed by atoms with Gasteiger partial charge in [0.05, 0.1) is 0 Å². The van der Waals surface area contributed by atoms with Crippen LogP contribution in [0.25, 0.3) is 0 Å². The summed E-state index contributed by atoms with van der Waals surface area (Å²) in [5, 5.41) is 0. The van der Waals surface area contributed by atoms with E-state index in [4.69, 9.17) is 0 Å². The summed E-state index contributed by atoms with van der Waals surface area (Å²) < 4.78 is 0. The Hall–Kier alpha value is 0.460. The van der Waals surface area contributed by atoms with Gasteiger partial charge in [-0.3, -0.25) is 18.8 Å². The third kappa shape index (κ3) is 127. The smallest absolute Gasteiger partial charge is 0 e. The minimum atomic E-state index is 0. The second-order valence-corrected chi connectivity index (χ2v) is 0. The van der Waals surface area contributed by atoms with Gasteiger partial charge in [0.1, 0.15) is 0 Å². The van der Waals surface area contributed by atoms with Crippen LogP contribution in [0, 0.1) is 0 Å². The topological polar surface area (TPSA) is 0 Å². The average Bonchev–Trinajstić information content (AvgIpc) is 0. The molecule has 0 aromatic heterocycles. The molecule has 0 saturated carbocycles. The fourth-order valence-electron chi connectivity index (χ4n) is 0. The first-order chi connectivity index (χ1) is 0. The Balaban J connectivity index is 0. The van der Waals surface area contributed by atoms with Crippen LogP contribution in [0.4, 0.5) is 18.8 Å². The van der Waals surface area contributed by atoms with Crippen LogP contribution in [-0.4, -0.2) is 0 Å². The zero-order valence-corrected chi connectivity index (χ0v) is 3.42. The fourth-order valence-corrected chi connectivity index (χ4v) is 0. The summed E-state index contributed by atoms with van der Waals surface area (Å²) in [6.07, 6.45) is 0. The summed E-state index contributed by atoms with van der Waals surface area (Å²) in [5.41, 5.74) is 0. The number of hydrogen-bond donors (Lipinski definition) is 0. The predicted octanol–water partition coefficient (Wildman–Crippen LogP) is 0.607. The zero-order chi connectivity index (χ0) is 0. The molecule has 0 atom stereocenters. The summed E-state index contributed by atoms with van der Waals surface area (Å²) in [5.74, 6) is 0. The molecule has 5 heteroatoms. The molecule has 0 rings (SSSR count). The van der Waals surface area contributed by atoms with Gasteiger partial charge in [0.2, 0.25) is 0 Å². The molecule has 43 valence electrons. The molecule has 0 aliphatic carbocycles. The van der Waals surface area contributed by atoms with Gasteiger partial charge in [0.15, 0.2) is 0 Å². The van der Waals surface area contributed by atoms with Gasteiger partial charge in [-0.15, -0.1) is 0 Å². The summed E-state index contributed by atoms with van der Waals surface area (Å²) in [6.45, 7) is 0. The Morgan fingerprint density at radius 1 is 0.400 bits per heavy atom. The van der Waals surface area contributed by atoms with Crippen molar-refractivity contribution in [2.75, 3.05) is 0 Å². The largest absolute Gasteiger partial charge is 0.269 e. The molecule has 0 aromatic carbocycles. The molecule has 0 spiro atoms. The van der Waals surface area contributed by atoms with E-state index in [0.717, 1.165) is 0 Å². The van der Waals surface area contributed by atoms with Crippen LogP contribution in [-0.2, 0) is 22.4 Å². The van der Waals surface area contributed by atoms with E-state index in [1.165, 1.54) is 0 Å². The molecular formula is H4AgF4. The third-order valence-corrected chi connectivity index (χ3v) is 0. The van der Waals surface area contributed by atoms with Gasteiger partial charge in [-0.2, -0.15) is 0 Å². The van der Waals surface area contributed by atoms with E-state index in [1.54, 1.807) is 0 Å². The van der Waals surface area contributed by atoms with Gasteiger partial charge in [0.25, 0.3) is 0 Å². The Kier molecular flexibility index (Phi) is 25900. The predicted molar refractivity (Wildman–Crippen MR) is 10.0 cm³/mol. The van der Waals surface area contributed by atoms with Gasteiger partial charge in [-0.05, 0) is 0 Å². The molecule has 0 aliphatic rings. The summed E-state index contributed by atoms with van der Waals surface area (Å²) in [7, 11) is 0. The minimum absolute atomic E-state index is 0. The monoisotopic (exact) mass is 187 g/mol. The molecule has 0 aliphatic heterocycles. The molecule has 0 unspecified atom stereocenters. The van der Waals surface area contributed by atoms with Crippen molar-refractivity contribution in [3.05, 3.63) is 0 Å². The quantitative estimate of drug-likeness (QED) is 0.385. The molecule has 0 amide bonds.